The molecule has 4 aromatic rings. The van der Waals surface area contributed by atoms with Gasteiger partial charge in [-0.2, -0.15) is 4.98 Å². The van der Waals surface area contributed by atoms with E-state index in [9.17, 15) is 23.1 Å². The molecule has 13 heteroatoms. The number of ether oxygens (including phenoxy) is 1. The number of rotatable bonds is 6. The Hall–Kier alpha value is -3.54. The maximum Gasteiger partial charge on any atom is 0.280 e. The van der Waals surface area contributed by atoms with E-state index < -0.39 is 40.2 Å². The van der Waals surface area contributed by atoms with Crippen LogP contribution in [0.15, 0.2) is 41.5 Å². The molecule has 3 heterocycles. The second kappa shape index (κ2) is 10.1. The third-order valence-corrected chi connectivity index (χ3v) is 5.79. The maximum atomic E-state index is 14.6. The predicted octanol–water partition coefficient (Wildman–Crippen LogP) is 4.92. The van der Waals surface area contributed by atoms with E-state index in [-0.39, 0.29) is 45.2 Å². The lowest BCUT2D eigenvalue weighted by Crippen LogP contribution is -2.24. The van der Waals surface area contributed by atoms with Crippen molar-refractivity contribution in [2.45, 2.75) is 33.0 Å². The number of pyridine rings is 1. The van der Waals surface area contributed by atoms with Crippen LogP contribution in [0.2, 0.25) is 10.0 Å². The standard InChI is InChI=1S/C24H18Cl2F3N5O3/c1-11-32-21(37-10-17-15(28)7-13(27)8-30-17)19(26)22(35)34(11)18-6-12(4-5-14(18)25)20-16(29)9-31-23(33-20)24(2,3)36/h4-9,36H,10H2,1-3H3. The average molecular weight is 552 g/mol. The van der Waals surface area contributed by atoms with Crippen LogP contribution in [0, 0.1) is 24.4 Å². The first-order valence-electron chi connectivity index (χ1n) is 10.6. The second-order valence-electron chi connectivity index (χ2n) is 8.40. The molecule has 0 radical (unpaired) electrons. The van der Waals surface area contributed by atoms with Crippen molar-refractivity contribution >= 4 is 23.2 Å². The molecule has 0 fully saturated rings. The van der Waals surface area contributed by atoms with Crippen LogP contribution in [0.3, 0.4) is 0 Å². The molecular weight excluding hydrogens is 534 g/mol. The highest BCUT2D eigenvalue weighted by Crippen LogP contribution is 2.30. The van der Waals surface area contributed by atoms with Crippen molar-refractivity contribution in [1.82, 2.24) is 24.5 Å². The fourth-order valence-corrected chi connectivity index (χ4v) is 3.73. The second-order valence-corrected chi connectivity index (χ2v) is 9.19. The van der Waals surface area contributed by atoms with E-state index in [4.69, 9.17) is 27.9 Å². The number of benzene rings is 1. The van der Waals surface area contributed by atoms with Crippen molar-refractivity contribution in [1.29, 1.82) is 0 Å². The minimum Gasteiger partial charge on any atom is -0.470 e. The first kappa shape index (κ1) is 26.5. The van der Waals surface area contributed by atoms with Crippen LogP contribution in [-0.4, -0.2) is 29.6 Å². The number of aliphatic hydroxyl groups is 1. The van der Waals surface area contributed by atoms with Gasteiger partial charge in [-0.15, -0.1) is 0 Å². The number of nitrogens with zero attached hydrogens (tertiary/aromatic N) is 5. The number of halogens is 5. The van der Waals surface area contributed by atoms with Gasteiger partial charge in [-0.1, -0.05) is 29.3 Å². The molecule has 0 bridgehead atoms. The smallest absolute Gasteiger partial charge is 0.280 e. The Kier molecular flexibility index (Phi) is 7.22. The lowest BCUT2D eigenvalue weighted by Gasteiger charge is -2.17. The largest absolute Gasteiger partial charge is 0.470 e. The zero-order valence-corrected chi connectivity index (χ0v) is 21.1. The summed E-state index contributed by atoms with van der Waals surface area (Å²) in [6.45, 7) is 3.92. The van der Waals surface area contributed by atoms with Gasteiger partial charge in [0.05, 0.1) is 23.1 Å². The van der Waals surface area contributed by atoms with Gasteiger partial charge in [0.25, 0.3) is 5.56 Å². The molecule has 4 rings (SSSR count). The van der Waals surface area contributed by atoms with Gasteiger partial charge >= 0.3 is 0 Å². The zero-order chi connectivity index (χ0) is 27.1. The molecule has 1 N–H and O–H groups in total. The fraction of sp³-hybridized carbons (Fsp3) is 0.208. The zero-order valence-electron chi connectivity index (χ0n) is 19.6. The minimum atomic E-state index is -1.43. The molecular formula is C24H18Cl2F3N5O3. The third-order valence-electron chi connectivity index (χ3n) is 5.15. The van der Waals surface area contributed by atoms with Crippen molar-refractivity contribution in [2.75, 3.05) is 0 Å². The molecule has 37 heavy (non-hydrogen) atoms. The molecule has 0 saturated carbocycles. The SMILES string of the molecule is Cc1nc(OCc2ncc(F)cc2F)c(Cl)c(=O)n1-c1cc(-c2nc(C(C)(C)O)ncc2F)ccc1Cl. The monoisotopic (exact) mass is 551 g/mol. The molecule has 192 valence electrons. The first-order valence-corrected chi connectivity index (χ1v) is 11.4. The van der Waals surface area contributed by atoms with Crippen LogP contribution in [0.1, 0.15) is 31.2 Å². The van der Waals surface area contributed by atoms with Gasteiger partial charge in [-0.25, -0.2) is 23.1 Å². The summed E-state index contributed by atoms with van der Waals surface area (Å²) in [6.07, 6.45) is 1.75. The molecule has 0 spiro atoms. The Bertz CT molecular complexity index is 1570. The van der Waals surface area contributed by atoms with Crippen molar-refractivity contribution in [2.24, 2.45) is 0 Å². The summed E-state index contributed by atoms with van der Waals surface area (Å²) in [5.74, 6) is -2.76. The lowest BCUT2D eigenvalue weighted by atomic mass is 10.1. The molecule has 0 saturated heterocycles. The van der Waals surface area contributed by atoms with E-state index in [1.165, 1.54) is 39.0 Å². The predicted molar refractivity (Wildman–Crippen MR) is 129 cm³/mol. The molecule has 0 aliphatic rings. The van der Waals surface area contributed by atoms with Gasteiger partial charge in [0.15, 0.2) is 22.5 Å². The number of aromatic nitrogens is 5. The van der Waals surface area contributed by atoms with Crippen LogP contribution in [0.4, 0.5) is 13.2 Å². The van der Waals surface area contributed by atoms with Gasteiger partial charge in [0.1, 0.15) is 35.2 Å². The minimum absolute atomic E-state index is 0.00737. The van der Waals surface area contributed by atoms with E-state index in [0.717, 1.165) is 17.0 Å². The summed E-state index contributed by atoms with van der Waals surface area (Å²) in [6, 6.07) is 4.98. The van der Waals surface area contributed by atoms with E-state index in [1.807, 2.05) is 0 Å². The molecule has 0 aliphatic heterocycles. The average Bonchev–Trinajstić information content (AvgIpc) is 2.82. The highest BCUT2D eigenvalue weighted by Gasteiger charge is 2.23. The number of hydrogen-bond acceptors (Lipinski definition) is 7. The molecule has 8 nitrogen and oxygen atoms in total. The van der Waals surface area contributed by atoms with E-state index >= 15 is 0 Å². The van der Waals surface area contributed by atoms with Crippen LogP contribution >= 0.6 is 23.2 Å². The lowest BCUT2D eigenvalue weighted by molar-refractivity contribution is 0.0686. The van der Waals surface area contributed by atoms with Crippen molar-refractivity contribution < 1.29 is 23.0 Å². The van der Waals surface area contributed by atoms with Crippen LogP contribution in [-0.2, 0) is 12.2 Å². The van der Waals surface area contributed by atoms with Crippen molar-refractivity contribution in [3.05, 3.63) is 91.9 Å². The summed E-state index contributed by atoms with van der Waals surface area (Å²) in [5.41, 5.74) is -2.17. The van der Waals surface area contributed by atoms with Crippen LogP contribution in [0.5, 0.6) is 5.88 Å². The van der Waals surface area contributed by atoms with Crippen LogP contribution < -0.4 is 10.3 Å². The number of aryl methyl sites for hydroxylation is 1. The Labute approximate surface area is 218 Å². The molecule has 0 amide bonds. The third kappa shape index (κ3) is 5.43. The van der Waals surface area contributed by atoms with Crippen LogP contribution in [0.25, 0.3) is 16.9 Å². The summed E-state index contributed by atoms with van der Waals surface area (Å²) in [7, 11) is 0. The maximum absolute atomic E-state index is 14.6. The molecule has 0 aliphatic carbocycles. The highest BCUT2D eigenvalue weighted by atomic mass is 35.5. The summed E-state index contributed by atoms with van der Waals surface area (Å²) in [5, 5.41) is 9.89. The Morgan fingerprint density at radius 1 is 1.05 bits per heavy atom. The van der Waals surface area contributed by atoms with Gasteiger partial charge in [-0.3, -0.25) is 14.3 Å². The van der Waals surface area contributed by atoms with Crippen molar-refractivity contribution in [3.63, 3.8) is 0 Å². The van der Waals surface area contributed by atoms with E-state index in [1.54, 1.807) is 0 Å². The summed E-state index contributed by atoms with van der Waals surface area (Å²) in [4.78, 5) is 28.9. The molecule has 0 unspecified atom stereocenters. The summed E-state index contributed by atoms with van der Waals surface area (Å²) >= 11 is 12.6. The first-order chi connectivity index (χ1) is 17.4. The molecule has 0 atom stereocenters. The van der Waals surface area contributed by atoms with Gasteiger partial charge < -0.3 is 9.84 Å². The Balaban J connectivity index is 1.75. The topological polar surface area (TPSA) is 103 Å². The van der Waals surface area contributed by atoms with E-state index in [2.05, 4.69) is 19.9 Å². The quantitative estimate of drug-likeness (QED) is 0.362. The summed E-state index contributed by atoms with van der Waals surface area (Å²) < 4.78 is 48.0. The highest BCUT2D eigenvalue weighted by molar-refractivity contribution is 6.33. The fourth-order valence-electron chi connectivity index (χ4n) is 3.34. The Morgan fingerprint density at radius 2 is 1.78 bits per heavy atom. The van der Waals surface area contributed by atoms with Gasteiger partial charge in [0.2, 0.25) is 5.88 Å². The Morgan fingerprint density at radius 3 is 2.46 bits per heavy atom. The van der Waals surface area contributed by atoms with Gasteiger partial charge in [0, 0.05) is 11.6 Å². The normalized spacial score (nSPS) is 11.6. The van der Waals surface area contributed by atoms with E-state index in [0.29, 0.717) is 6.07 Å². The molecule has 3 aromatic heterocycles. The molecule has 1 aromatic carbocycles. The number of hydrogen-bond donors (Lipinski definition) is 1. The van der Waals surface area contributed by atoms with Crippen molar-refractivity contribution in [3.8, 4) is 22.8 Å². The van der Waals surface area contributed by atoms with Gasteiger partial charge in [-0.05, 0) is 32.9 Å².